The van der Waals surface area contributed by atoms with Crippen molar-refractivity contribution < 1.29 is 18.0 Å². The van der Waals surface area contributed by atoms with Gasteiger partial charge in [0.15, 0.2) is 0 Å². The number of thiophene rings is 1. The Balaban J connectivity index is 1.62. The topological polar surface area (TPSA) is 46.9 Å². The van der Waals surface area contributed by atoms with E-state index >= 15 is 0 Å². The third-order valence-corrected chi connectivity index (χ3v) is 5.87. The molecule has 2 heterocycles. The summed E-state index contributed by atoms with van der Waals surface area (Å²) in [6.45, 7) is 4.16. The number of carbonyl (C=O) groups excluding carboxylic acids is 1. The SMILES string of the molecule is Cc1ccc(CNC(=O)c2cc3c(C)nn(-c4cccc(C(F)(F)F)c4)c3s2)cc1. The van der Waals surface area contributed by atoms with Crippen LogP contribution in [0.4, 0.5) is 13.2 Å². The highest BCUT2D eigenvalue weighted by Gasteiger charge is 2.30. The summed E-state index contributed by atoms with van der Waals surface area (Å²) in [5.41, 5.74) is 2.34. The molecule has 0 aliphatic carbocycles. The first-order chi connectivity index (χ1) is 14.2. The quantitative estimate of drug-likeness (QED) is 0.456. The van der Waals surface area contributed by atoms with E-state index in [-0.39, 0.29) is 5.91 Å². The summed E-state index contributed by atoms with van der Waals surface area (Å²) in [6.07, 6.45) is -4.44. The Morgan fingerprint density at radius 1 is 1.10 bits per heavy atom. The van der Waals surface area contributed by atoms with Crippen LogP contribution in [-0.4, -0.2) is 15.7 Å². The molecule has 0 fully saturated rings. The maximum absolute atomic E-state index is 13.1. The van der Waals surface area contributed by atoms with E-state index in [0.29, 0.717) is 27.6 Å². The molecule has 2 aromatic carbocycles. The van der Waals surface area contributed by atoms with Crippen LogP contribution in [0.1, 0.15) is 32.1 Å². The fourth-order valence-corrected chi connectivity index (χ4v) is 4.22. The van der Waals surface area contributed by atoms with Crippen LogP contribution in [0.5, 0.6) is 0 Å². The lowest BCUT2D eigenvalue weighted by Gasteiger charge is -2.09. The number of hydrogen-bond donors (Lipinski definition) is 1. The molecular weight excluding hydrogens is 411 g/mol. The van der Waals surface area contributed by atoms with Gasteiger partial charge in [-0.1, -0.05) is 35.9 Å². The lowest BCUT2D eigenvalue weighted by Crippen LogP contribution is -2.21. The van der Waals surface area contributed by atoms with Crippen molar-refractivity contribution in [3.05, 3.63) is 81.9 Å². The summed E-state index contributed by atoms with van der Waals surface area (Å²) >= 11 is 1.21. The van der Waals surface area contributed by atoms with E-state index in [1.54, 1.807) is 19.1 Å². The van der Waals surface area contributed by atoms with E-state index in [1.807, 2.05) is 31.2 Å². The number of aryl methyl sites for hydroxylation is 2. The Morgan fingerprint density at radius 2 is 1.83 bits per heavy atom. The largest absolute Gasteiger partial charge is 0.416 e. The van der Waals surface area contributed by atoms with E-state index < -0.39 is 11.7 Å². The van der Waals surface area contributed by atoms with Crippen LogP contribution >= 0.6 is 11.3 Å². The molecule has 1 amide bonds. The minimum atomic E-state index is -4.44. The zero-order valence-electron chi connectivity index (χ0n) is 16.2. The van der Waals surface area contributed by atoms with Gasteiger partial charge in [0.1, 0.15) is 4.83 Å². The number of amides is 1. The van der Waals surface area contributed by atoms with Crippen molar-refractivity contribution in [3.8, 4) is 5.69 Å². The molecule has 4 nitrogen and oxygen atoms in total. The number of nitrogens with one attached hydrogen (secondary N) is 1. The number of aromatic nitrogens is 2. The first kappa shape index (κ1) is 20.2. The van der Waals surface area contributed by atoms with Gasteiger partial charge < -0.3 is 5.32 Å². The van der Waals surface area contributed by atoms with Crippen LogP contribution in [0.2, 0.25) is 0 Å². The first-order valence-electron chi connectivity index (χ1n) is 9.23. The second kappa shape index (κ2) is 7.60. The van der Waals surface area contributed by atoms with Gasteiger partial charge in [0, 0.05) is 11.9 Å². The highest BCUT2D eigenvalue weighted by Crippen LogP contribution is 2.33. The van der Waals surface area contributed by atoms with E-state index in [9.17, 15) is 18.0 Å². The Kier molecular flexibility index (Phi) is 5.11. The summed E-state index contributed by atoms with van der Waals surface area (Å²) < 4.78 is 40.7. The van der Waals surface area contributed by atoms with Gasteiger partial charge in [-0.25, -0.2) is 4.68 Å². The maximum atomic E-state index is 13.1. The van der Waals surface area contributed by atoms with Gasteiger partial charge in [-0.05, 0) is 43.7 Å². The zero-order chi connectivity index (χ0) is 21.5. The average Bonchev–Trinajstić information content (AvgIpc) is 3.27. The van der Waals surface area contributed by atoms with Crippen LogP contribution in [-0.2, 0) is 12.7 Å². The van der Waals surface area contributed by atoms with E-state index in [4.69, 9.17) is 0 Å². The summed E-state index contributed by atoms with van der Waals surface area (Å²) in [4.78, 5) is 13.7. The lowest BCUT2D eigenvalue weighted by molar-refractivity contribution is -0.137. The molecule has 8 heteroatoms. The van der Waals surface area contributed by atoms with E-state index in [2.05, 4.69) is 10.4 Å². The fraction of sp³-hybridized carbons (Fsp3) is 0.182. The first-order valence-corrected chi connectivity index (χ1v) is 10.0. The third kappa shape index (κ3) is 3.95. The number of halogens is 3. The minimum Gasteiger partial charge on any atom is -0.347 e. The zero-order valence-corrected chi connectivity index (χ0v) is 17.1. The Hall–Kier alpha value is -3.13. The number of carbonyl (C=O) groups is 1. The molecule has 4 rings (SSSR count). The van der Waals surface area contributed by atoms with Crippen molar-refractivity contribution in [1.29, 1.82) is 0 Å². The fourth-order valence-electron chi connectivity index (χ4n) is 3.12. The van der Waals surface area contributed by atoms with Crippen LogP contribution in [0, 0.1) is 13.8 Å². The van der Waals surface area contributed by atoms with Crippen LogP contribution < -0.4 is 5.32 Å². The van der Waals surface area contributed by atoms with Crippen molar-refractivity contribution in [2.24, 2.45) is 0 Å². The van der Waals surface area contributed by atoms with Gasteiger partial charge in [-0.15, -0.1) is 11.3 Å². The average molecular weight is 429 g/mol. The van der Waals surface area contributed by atoms with Gasteiger partial charge in [0.2, 0.25) is 0 Å². The standard InChI is InChI=1S/C22H18F3N3OS/c1-13-6-8-15(9-7-13)12-26-20(29)19-11-18-14(2)27-28(21(18)30-19)17-5-3-4-16(10-17)22(23,24)25/h3-11H,12H2,1-2H3,(H,26,29). The molecule has 0 bridgehead atoms. The Labute approximate surface area is 175 Å². The van der Waals surface area contributed by atoms with Crippen molar-refractivity contribution in [3.63, 3.8) is 0 Å². The van der Waals surface area contributed by atoms with Gasteiger partial charge in [-0.2, -0.15) is 18.3 Å². The van der Waals surface area contributed by atoms with Crippen LogP contribution in [0.15, 0.2) is 54.6 Å². The number of hydrogen-bond acceptors (Lipinski definition) is 3. The number of benzene rings is 2. The van der Waals surface area contributed by atoms with Gasteiger partial charge in [-0.3, -0.25) is 4.79 Å². The Morgan fingerprint density at radius 3 is 2.53 bits per heavy atom. The maximum Gasteiger partial charge on any atom is 0.416 e. The number of rotatable bonds is 4. The van der Waals surface area contributed by atoms with Crippen molar-refractivity contribution in [1.82, 2.24) is 15.1 Å². The molecule has 1 N–H and O–H groups in total. The molecule has 0 saturated heterocycles. The second-order valence-corrected chi connectivity index (χ2v) is 8.07. The predicted molar refractivity (Wildman–Crippen MR) is 111 cm³/mol. The molecule has 0 saturated carbocycles. The number of nitrogens with zero attached hydrogens (tertiary/aromatic N) is 2. The van der Waals surface area contributed by atoms with E-state index in [1.165, 1.54) is 22.1 Å². The number of fused-ring (bicyclic) bond motifs is 1. The molecule has 0 radical (unpaired) electrons. The molecule has 0 spiro atoms. The van der Waals surface area contributed by atoms with Crippen LogP contribution in [0.3, 0.4) is 0 Å². The van der Waals surface area contributed by atoms with Gasteiger partial charge in [0.05, 0.1) is 21.8 Å². The highest BCUT2D eigenvalue weighted by molar-refractivity contribution is 7.20. The smallest absolute Gasteiger partial charge is 0.347 e. The minimum absolute atomic E-state index is 0.230. The molecule has 0 aliphatic rings. The van der Waals surface area contributed by atoms with Crippen LogP contribution in [0.25, 0.3) is 15.9 Å². The Bertz CT molecular complexity index is 1220. The molecular formula is C22H18F3N3OS. The van der Waals surface area contributed by atoms with Gasteiger partial charge in [0.25, 0.3) is 5.91 Å². The van der Waals surface area contributed by atoms with Gasteiger partial charge >= 0.3 is 6.18 Å². The summed E-state index contributed by atoms with van der Waals surface area (Å²) in [7, 11) is 0. The monoisotopic (exact) mass is 429 g/mol. The highest BCUT2D eigenvalue weighted by atomic mass is 32.1. The molecule has 30 heavy (non-hydrogen) atoms. The molecule has 0 unspecified atom stereocenters. The molecule has 154 valence electrons. The third-order valence-electron chi connectivity index (χ3n) is 4.76. The second-order valence-electron chi connectivity index (χ2n) is 7.04. The molecule has 2 aromatic heterocycles. The summed E-state index contributed by atoms with van der Waals surface area (Å²) in [5.74, 6) is -0.230. The summed E-state index contributed by atoms with van der Waals surface area (Å²) in [5, 5.41) is 8.01. The summed E-state index contributed by atoms with van der Waals surface area (Å²) in [6, 6.07) is 14.6. The van der Waals surface area contributed by atoms with Crippen molar-refractivity contribution >= 4 is 27.5 Å². The van der Waals surface area contributed by atoms with Crippen molar-refractivity contribution in [2.45, 2.75) is 26.6 Å². The molecule has 0 atom stereocenters. The van der Waals surface area contributed by atoms with Crippen molar-refractivity contribution in [2.75, 3.05) is 0 Å². The lowest BCUT2D eigenvalue weighted by atomic mass is 10.1. The number of alkyl halides is 3. The van der Waals surface area contributed by atoms with E-state index in [0.717, 1.165) is 28.6 Å². The molecule has 0 aliphatic heterocycles. The normalized spacial score (nSPS) is 11.8. The molecule has 4 aromatic rings. The predicted octanol–water partition coefficient (Wildman–Crippen LogP) is 5.65.